The Labute approximate surface area is 204 Å². The largest absolute Gasteiger partial charge is 2.00 e. The number of hydrogen-bond donors (Lipinski definition) is 2. The van der Waals surface area contributed by atoms with Gasteiger partial charge < -0.3 is 22.0 Å². The molecule has 0 aliphatic heterocycles. The van der Waals surface area contributed by atoms with Crippen molar-refractivity contribution in [1.29, 1.82) is 0 Å². The molecule has 1 saturated carbocycles. The molecular weight excluding hydrogens is 633 g/mol. The predicted octanol–water partition coefficient (Wildman–Crippen LogP) is 1.85. The minimum Gasteiger partial charge on any atom is -0.653 e. The molecule has 132 valence electrons. The molecule has 1 fully saturated rings. The summed E-state index contributed by atoms with van der Waals surface area (Å²) in [6.07, 6.45) is 6.03. The molecule has 2 N–H and O–H groups in total. The summed E-state index contributed by atoms with van der Waals surface area (Å²) in [6.45, 7) is 6.28. The van der Waals surface area contributed by atoms with Crippen LogP contribution in [0, 0.1) is 12.3 Å². The summed E-state index contributed by atoms with van der Waals surface area (Å²) in [7, 11) is 0. The van der Waals surface area contributed by atoms with Gasteiger partial charge in [-0.3, -0.25) is 14.5 Å². The summed E-state index contributed by atoms with van der Waals surface area (Å²) in [6, 6.07) is 0. The number of aliphatic carboxylic acids is 2. The number of nitrogens with zero attached hydrogens (tertiary/aromatic N) is 2. The van der Waals surface area contributed by atoms with E-state index in [1.54, 1.807) is 0 Å². The summed E-state index contributed by atoms with van der Waals surface area (Å²) in [5, 5.41) is 20.2. The van der Waals surface area contributed by atoms with Gasteiger partial charge in [0.1, 0.15) is 0 Å². The number of carbonyl (C=O) groups is 2. The van der Waals surface area contributed by atoms with Gasteiger partial charge in [-0.25, -0.2) is 0 Å². The molecular formula is C14H26N2O4PtY2. The van der Waals surface area contributed by atoms with Crippen LogP contribution in [0.1, 0.15) is 33.1 Å². The minimum absolute atomic E-state index is 0. The van der Waals surface area contributed by atoms with Crippen molar-refractivity contribution in [3.63, 3.8) is 0 Å². The van der Waals surface area contributed by atoms with E-state index >= 15 is 0 Å². The zero-order valence-corrected chi connectivity index (χ0v) is 21.8. The normalized spacial score (nSPS) is 15.3. The molecule has 23 heavy (non-hydrogen) atoms. The van der Waals surface area contributed by atoms with Gasteiger partial charge in [0.2, 0.25) is 0 Å². The predicted molar refractivity (Wildman–Crippen MR) is 77.8 cm³/mol. The maximum atomic E-state index is 10.5. The van der Waals surface area contributed by atoms with Gasteiger partial charge >= 0.3 is 27.0 Å². The number of hydrogen-bond acceptors (Lipinski definition) is 3. The number of carboxylic acids is 2. The molecule has 1 atom stereocenters. The van der Waals surface area contributed by atoms with Crippen molar-refractivity contribution < 1.29 is 106 Å². The van der Waals surface area contributed by atoms with Crippen LogP contribution in [-0.4, -0.2) is 59.8 Å². The van der Waals surface area contributed by atoms with Gasteiger partial charge in [-0.2, -0.15) is 18.9 Å². The summed E-state index contributed by atoms with van der Waals surface area (Å²) < 4.78 is 0. The van der Waals surface area contributed by atoms with E-state index in [2.05, 4.69) is 11.7 Å². The Morgan fingerprint density at radius 2 is 1.83 bits per heavy atom. The second-order valence-electron chi connectivity index (χ2n) is 4.74. The van der Waals surface area contributed by atoms with Crippen LogP contribution in [0.25, 0.3) is 5.32 Å². The fourth-order valence-electron chi connectivity index (χ4n) is 2.05. The van der Waals surface area contributed by atoms with Crippen LogP contribution in [0.3, 0.4) is 0 Å². The van der Waals surface area contributed by atoms with Crippen LogP contribution in [0.15, 0.2) is 0 Å². The van der Waals surface area contributed by atoms with Crippen molar-refractivity contribution in [3.05, 3.63) is 11.7 Å². The first-order valence-electron chi connectivity index (χ1n) is 7.12. The zero-order chi connectivity index (χ0) is 15.4. The number of rotatable bonds is 8. The van der Waals surface area contributed by atoms with Gasteiger partial charge in [0, 0.05) is 65.4 Å². The Bertz CT molecular complexity index is 294. The Morgan fingerprint density at radius 3 is 2.13 bits per heavy atom. The maximum absolute atomic E-state index is 10.5. The smallest absolute Gasteiger partial charge is 0.653 e. The van der Waals surface area contributed by atoms with Crippen molar-refractivity contribution in [3.8, 4) is 0 Å². The van der Waals surface area contributed by atoms with E-state index in [4.69, 9.17) is 10.2 Å². The Kier molecular flexibility index (Phi) is 30.7. The number of carboxylic acid groups (broad SMARTS) is 2. The van der Waals surface area contributed by atoms with E-state index in [9.17, 15) is 9.59 Å². The second-order valence-corrected chi connectivity index (χ2v) is 4.74. The molecule has 0 amide bonds. The van der Waals surface area contributed by atoms with Crippen LogP contribution in [0.4, 0.5) is 0 Å². The molecule has 0 heterocycles. The van der Waals surface area contributed by atoms with Crippen molar-refractivity contribution in [2.45, 2.75) is 33.1 Å². The maximum Gasteiger partial charge on any atom is 2.00 e. The van der Waals surface area contributed by atoms with Crippen LogP contribution >= 0.6 is 0 Å². The van der Waals surface area contributed by atoms with E-state index in [1.165, 1.54) is 19.3 Å². The van der Waals surface area contributed by atoms with Crippen molar-refractivity contribution in [2.75, 3.05) is 32.7 Å². The molecule has 9 heteroatoms. The SMILES string of the molecule is CCN(CC(=O)O)CC1[CH-]CCC1.CC[N-]CC(=O)O.[Pt+2].[Y].[Y]. The average Bonchev–Trinajstić information content (AvgIpc) is 2.88. The van der Waals surface area contributed by atoms with Crippen molar-refractivity contribution in [2.24, 2.45) is 5.92 Å². The monoisotopic (exact) mass is 659 g/mol. The summed E-state index contributed by atoms with van der Waals surface area (Å²) >= 11 is 0. The van der Waals surface area contributed by atoms with E-state index in [0.717, 1.165) is 13.1 Å². The molecule has 1 unspecified atom stereocenters. The van der Waals surface area contributed by atoms with Gasteiger partial charge in [-0.1, -0.05) is 26.7 Å². The minimum atomic E-state index is -0.859. The van der Waals surface area contributed by atoms with E-state index in [0.29, 0.717) is 12.5 Å². The first-order valence-corrected chi connectivity index (χ1v) is 7.12. The van der Waals surface area contributed by atoms with Crippen molar-refractivity contribution in [1.82, 2.24) is 4.90 Å². The molecule has 6 nitrogen and oxygen atoms in total. The molecule has 1 rings (SSSR count). The van der Waals surface area contributed by atoms with Crippen molar-refractivity contribution >= 4 is 11.9 Å². The van der Waals surface area contributed by atoms with Crippen LogP contribution < -0.4 is 0 Å². The van der Waals surface area contributed by atoms with Gasteiger partial charge in [0.05, 0.1) is 6.54 Å². The molecule has 0 aromatic carbocycles. The third kappa shape index (κ3) is 21.7. The molecule has 0 bridgehead atoms. The molecule has 0 saturated heterocycles. The second kappa shape index (κ2) is 21.8. The molecule has 0 aromatic rings. The zero-order valence-electron chi connectivity index (χ0n) is 13.9. The Balaban J connectivity index is -0.000000159. The Hall–Kier alpha value is 1.76. The summed E-state index contributed by atoms with van der Waals surface area (Å²) in [5.41, 5.74) is 0. The quantitative estimate of drug-likeness (QED) is 0.389. The average molecular weight is 659 g/mol. The first-order chi connectivity index (χ1) is 9.49. The fraction of sp³-hybridized carbons (Fsp3) is 0.786. The standard InChI is InChI=1S/C10H18NO2.C4H8NO2.Pt.2Y/c1-2-11(8-10(12)13)7-9-5-3-4-6-9;1-2-5-3-4(6)7;;;/h5,9H,2-4,6-8H2,1H3,(H,12,13);2-3H2,1H3,(H,6,7);;;/q2*-1;+2;;. The van der Waals surface area contributed by atoms with Gasteiger partial charge in [0.25, 0.3) is 5.97 Å². The topological polar surface area (TPSA) is 91.9 Å². The van der Waals surface area contributed by atoms with E-state index in [1.807, 2.05) is 18.7 Å². The van der Waals surface area contributed by atoms with Crippen LogP contribution in [0.5, 0.6) is 0 Å². The third-order valence-electron chi connectivity index (χ3n) is 3.05. The Morgan fingerprint density at radius 1 is 1.22 bits per heavy atom. The van der Waals surface area contributed by atoms with Crippen LogP contribution in [0.2, 0.25) is 0 Å². The molecule has 0 spiro atoms. The van der Waals surface area contributed by atoms with Gasteiger partial charge in [-0.15, -0.1) is 0 Å². The first kappa shape index (κ1) is 32.4. The van der Waals surface area contributed by atoms with Gasteiger partial charge in [0.15, 0.2) is 0 Å². The molecule has 1 aliphatic carbocycles. The number of likely N-dealkylation sites (N-methyl/N-ethyl adjacent to an activating group) is 2. The summed E-state index contributed by atoms with van der Waals surface area (Å²) in [4.78, 5) is 22.1. The third-order valence-corrected chi connectivity index (χ3v) is 3.05. The molecule has 1 aliphatic rings. The molecule has 0 aromatic heterocycles. The molecule has 2 radical (unpaired) electrons. The van der Waals surface area contributed by atoms with E-state index in [-0.39, 0.29) is 99.6 Å². The summed E-state index contributed by atoms with van der Waals surface area (Å²) in [5.74, 6) is -0.957. The fourth-order valence-corrected chi connectivity index (χ4v) is 2.05. The van der Waals surface area contributed by atoms with E-state index < -0.39 is 11.9 Å². The van der Waals surface area contributed by atoms with Gasteiger partial charge in [-0.05, 0) is 19.6 Å². The van der Waals surface area contributed by atoms with Crippen LogP contribution in [-0.2, 0) is 96.1 Å².